The predicted octanol–water partition coefficient (Wildman–Crippen LogP) is 2.58. The van der Waals surface area contributed by atoms with Gasteiger partial charge in [-0.1, -0.05) is 24.3 Å². The van der Waals surface area contributed by atoms with E-state index in [0.717, 1.165) is 38.9 Å². The first-order valence-corrected chi connectivity index (χ1v) is 9.20. The van der Waals surface area contributed by atoms with Crippen molar-refractivity contribution in [1.82, 2.24) is 10.2 Å². The Kier molecular flexibility index (Phi) is 5.86. The van der Waals surface area contributed by atoms with Crippen molar-refractivity contribution in [1.29, 1.82) is 0 Å². The minimum Gasteiger partial charge on any atom is -0.385 e. The van der Waals surface area contributed by atoms with Crippen LogP contribution < -0.4 is 5.32 Å². The number of carbonyl (C=O) groups excluding carboxylic acids is 1. The molecule has 25 heavy (non-hydrogen) atoms. The maximum atomic E-state index is 13.4. The Morgan fingerprint density at radius 2 is 2.12 bits per heavy atom. The lowest BCUT2D eigenvalue weighted by atomic mass is 9.84. The van der Waals surface area contributed by atoms with Gasteiger partial charge in [0, 0.05) is 32.1 Å². The quantitative estimate of drug-likeness (QED) is 0.806. The molecule has 0 spiro atoms. The van der Waals surface area contributed by atoms with E-state index in [0.29, 0.717) is 24.9 Å². The minimum absolute atomic E-state index is 0.115. The molecule has 0 unspecified atom stereocenters. The number of likely N-dealkylation sites (tertiary alicyclic amines) is 1. The molecule has 1 aliphatic heterocycles. The Hall–Kier alpha value is -1.72. The number of halogens is 1. The summed E-state index contributed by atoms with van der Waals surface area (Å²) in [6, 6.07) is 6.25. The number of amides is 1. The van der Waals surface area contributed by atoms with E-state index in [1.165, 1.54) is 12.1 Å². The van der Waals surface area contributed by atoms with Gasteiger partial charge < -0.3 is 15.3 Å². The Balaban J connectivity index is 1.42. The van der Waals surface area contributed by atoms with E-state index in [1.54, 1.807) is 12.1 Å². The molecule has 2 N–H and O–H groups in total. The normalized spacial score (nSPS) is 23.4. The standard InChI is InChI=1S/C20H27FN2O2/c21-18-8-4-7-17(15-18)20(25)9-12-23(13-10-20)14-11-22-19(24)16-5-2-1-3-6-16/h1-2,4,7-8,15-16,25H,3,5-6,9-14H2,(H,22,24)/t16-/m1/s1. The lowest BCUT2D eigenvalue weighted by molar-refractivity contribution is -0.125. The molecule has 2 aliphatic rings. The van der Waals surface area contributed by atoms with Crippen molar-refractivity contribution in [3.8, 4) is 0 Å². The van der Waals surface area contributed by atoms with Gasteiger partial charge in [0.2, 0.25) is 5.91 Å². The number of allylic oxidation sites excluding steroid dienone is 2. The van der Waals surface area contributed by atoms with Gasteiger partial charge in [-0.2, -0.15) is 0 Å². The van der Waals surface area contributed by atoms with Crippen molar-refractivity contribution in [3.05, 3.63) is 47.8 Å². The number of nitrogens with zero attached hydrogens (tertiary/aromatic N) is 1. The van der Waals surface area contributed by atoms with Crippen LogP contribution in [0.15, 0.2) is 36.4 Å². The molecular weight excluding hydrogens is 319 g/mol. The second-order valence-corrected chi connectivity index (χ2v) is 7.16. The third kappa shape index (κ3) is 4.67. The minimum atomic E-state index is -0.948. The van der Waals surface area contributed by atoms with Crippen LogP contribution in [0.2, 0.25) is 0 Å². The molecular formula is C20H27FN2O2. The van der Waals surface area contributed by atoms with Gasteiger partial charge in [0.1, 0.15) is 5.82 Å². The third-order valence-electron chi connectivity index (χ3n) is 5.41. The fourth-order valence-corrected chi connectivity index (χ4v) is 3.73. The molecule has 3 rings (SSSR count). The average Bonchev–Trinajstić information content (AvgIpc) is 2.64. The van der Waals surface area contributed by atoms with Crippen LogP contribution in [0.1, 0.15) is 37.7 Å². The van der Waals surface area contributed by atoms with Crippen molar-refractivity contribution < 1.29 is 14.3 Å². The molecule has 1 saturated heterocycles. The summed E-state index contributed by atoms with van der Waals surface area (Å²) in [5.74, 6) is -0.0457. The maximum absolute atomic E-state index is 13.4. The molecule has 4 nitrogen and oxygen atoms in total. The summed E-state index contributed by atoms with van der Waals surface area (Å²) >= 11 is 0. The van der Waals surface area contributed by atoms with E-state index in [9.17, 15) is 14.3 Å². The number of aliphatic hydroxyl groups is 1. The highest BCUT2D eigenvalue weighted by Crippen LogP contribution is 2.32. The van der Waals surface area contributed by atoms with E-state index < -0.39 is 5.60 Å². The molecule has 0 aromatic heterocycles. The number of hydrogen-bond donors (Lipinski definition) is 2. The lowest BCUT2D eigenvalue weighted by Gasteiger charge is -2.38. The van der Waals surface area contributed by atoms with E-state index in [1.807, 2.05) is 0 Å². The molecule has 0 saturated carbocycles. The van der Waals surface area contributed by atoms with Gasteiger partial charge in [0.25, 0.3) is 0 Å². The highest BCUT2D eigenvalue weighted by Gasteiger charge is 2.34. The van der Waals surface area contributed by atoms with E-state index in [-0.39, 0.29) is 17.6 Å². The highest BCUT2D eigenvalue weighted by atomic mass is 19.1. The molecule has 1 aliphatic carbocycles. The average molecular weight is 346 g/mol. The summed E-state index contributed by atoms with van der Waals surface area (Å²) in [7, 11) is 0. The van der Waals surface area contributed by atoms with Gasteiger partial charge in [0.05, 0.1) is 5.60 Å². The van der Waals surface area contributed by atoms with Crippen molar-refractivity contribution in [3.63, 3.8) is 0 Å². The van der Waals surface area contributed by atoms with Crippen molar-refractivity contribution in [2.75, 3.05) is 26.2 Å². The van der Waals surface area contributed by atoms with Crippen LogP contribution in [0, 0.1) is 11.7 Å². The van der Waals surface area contributed by atoms with Crippen LogP contribution in [0.5, 0.6) is 0 Å². The molecule has 0 bridgehead atoms. The van der Waals surface area contributed by atoms with Gasteiger partial charge >= 0.3 is 0 Å². The van der Waals surface area contributed by atoms with Gasteiger partial charge in [-0.15, -0.1) is 0 Å². The fourth-order valence-electron chi connectivity index (χ4n) is 3.73. The molecule has 1 heterocycles. The number of nitrogens with one attached hydrogen (secondary N) is 1. The first-order valence-electron chi connectivity index (χ1n) is 9.20. The Morgan fingerprint density at radius 1 is 1.32 bits per heavy atom. The zero-order valence-corrected chi connectivity index (χ0v) is 14.6. The molecule has 1 aromatic rings. The van der Waals surface area contributed by atoms with E-state index in [2.05, 4.69) is 22.4 Å². The van der Waals surface area contributed by atoms with Crippen LogP contribution in [-0.2, 0) is 10.4 Å². The Morgan fingerprint density at radius 3 is 2.80 bits per heavy atom. The Labute approximate surface area is 148 Å². The molecule has 0 radical (unpaired) electrons. The first kappa shape index (κ1) is 18.1. The summed E-state index contributed by atoms with van der Waals surface area (Å²) in [4.78, 5) is 14.4. The largest absolute Gasteiger partial charge is 0.385 e. The number of carbonyl (C=O) groups is 1. The van der Waals surface area contributed by atoms with Crippen LogP contribution in [0.25, 0.3) is 0 Å². The van der Waals surface area contributed by atoms with Gasteiger partial charge in [-0.3, -0.25) is 4.79 Å². The first-order chi connectivity index (χ1) is 12.1. The molecule has 1 aromatic carbocycles. The molecule has 1 amide bonds. The van der Waals surface area contributed by atoms with Gasteiger partial charge in [-0.25, -0.2) is 4.39 Å². The maximum Gasteiger partial charge on any atom is 0.223 e. The third-order valence-corrected chi connectivity index (χ3v) is 5.41. The molecule has 136 valence electrons. The zero-order valence-electron chi connectivity index (χ0n) is 14.6. The van der Waals surface area contributed by atoms with Crippen LogP contribution in [0.4, 0.5) is 4.39 Å². The topological polar surface area (TPSA) is 52.6 Å². The van der Waals surface area contributed by atoms with Crippen molar-refractivity contribution in [2.45, 2.75) is 37.7 Å². The van der Waals surface area contributed by atoms with E-state index in [4.69, 9.17) is 0 Å². The van der Waals surface area contributed by atoms with Gasteiger partial charge in [0.15, 0.2) is 0 Å². The number of benzene rings is 1. The summed E-state index contributed by atoms with van der Waals surface area (Å²) in [5, 5.41) is 13.8. The van der Waals surface area contributed by atoms with Crippen molar-refractivity contribution >= 4 is 5.91 Å². The number of rotatable bonds is 5. The molecule has 5 heteroatoms. The monoisotopic (exact) mass is 346 g/mol. The van der Waals surface area contributed by atoms with Crippen LogP contribution in [0.3, 0.4) is 0 Å². The lowest BCUT2D eigenvalue weighted by Crippen LogP contribution is -2.45. The number of piperidine rings is 1. The second kappa shape index (κ2) is 8.11. The zero-order chi connectivity index (χ0) is 17.7. The smallest absolute Gasteiger partial charge is 0.223 e. The summed E-state index contributed by atoms with van der Waals surface area (Å²) in [6.45, 7) is 2.91. The van der Waals surface area contributed by atoms with Crippen LogP contribution >= 0.6 is 0 Å². The Bertz CT molecular complexity index is 624. The van der Waals surface area contributed by atoms with Crippen molar-refractivity contribution in [2.24, 2.45) is 5.92 Å². The number of hydrogen-bond acceptors (Lipinski definition) is 3. The predicted molar refractivity (Wildman–Crippen MR) is 95.5 cm³/mol. The SMILES string of the molecule is O=C(NCCN1CCC(O)(c2cccc(F)c2)CC1)[C@@H]1CC=CCC1. The second-order valence-electron chi connectivity index (χ2n) is 7.16. The molecule has 1 atom stereocenters. The highest BCUT2D eigenvalue weighted by molar-refractivity contribution is 5.78. The van der Waals surface area contributed by atoms with E-state index >= 15 is 0 Å². The summed E-state index contributed by atoms with van der Waals surface area (Å²) in [5.41, 5.74) is -0.290. The fraction of sp³-hybridized carbons (Fsp3) is 0.550. The summed E-state index contributed by atoms with van der Waals surface area (Å²) in [6.07, 6.45) is 8.16. The van der Waals surface area contributed by atoms with Crippen LogP contribution in [-0.4, -0.2) is 42.1 Å². The summed E-state index contributed by atoms with van der Waals surface area (Å²) < 4.78 is 13.4. The molecule has 1 fully saturated rings. The van der Waals surface area contributed by atoms with Gasteiger partial charge in [-0.05, 0) is 49.8 Å².